The molecule has 58 valence electrons. The summed E-state index contributed by atoms with van der Waals surface area (Å²) in [6.45, 7) is 0. The Morgan fingerprint density at radius 3 is 1.85 bits per heavy atom. The topological polar surface area (TPSA) is 101 Å². The van der Waals surface area contributed by atoms with Crippen molar-refractivity contribution in [2.45, 2.75) is 18.9 Å². The molecule has 0 heterocycles. The standard InChI is InChI=1S/C5H9NO4.Ca.2Na/c6-3(5(9)10)1-2-4(7)8;;;/h3H,1-2,6H2,(H,7,8)(H,9,10);;;/q;+2;2*+1. The maximum absolute atomic E-state index is 9.99. The molecule has 0 aromatic heterocycles. The van der Waals surface area contributed by atoms with Crippen molar-refractivity contribution in [3.63, 3.8) is 0 Å². The minimum absolute atomic E-state index is 0. The van der Waals surface area contributed by atoms with Gasteiger partial charge in [-0.15, -0.1) is 0 Å². The van der Waals surface area contributed by atoms with Crippen LogP contribution in [0.2, 0.25) is 0 Å². The molecule has 0 aromatic carbocycles. The first-order valence-corrected chi connectivity index (χ1v) is 2.74. The van der Waals surface area contributed by atoms with Crippen LogP contribution in [0.4, 0.5) is 0 Å². The van der Waals surface area contributed by atoms with Gasteiger partial charge in [-0.1, -0.05) is 0 Å². The third kappa shape index (κ3) is 16.8. The van der Waals surface area contributed by atoms with Crippen molar-refractivity contribution in [2.24, 2.45) is 5.73 Å². The third-order valence-electron chi connectivity index (χ3n) is 0.986. The van der Waals surface area contributed by atoms with Gasteiger partial charge >= 0.3 is 109 Å². The smallest absolute Gasteiger partial charge is 0.481 e. The van der Waals surface area contributed by atoms with Gasteiger partial charge in [0.15, 0.2) is 0 Å². The van der Waals surface area contributed by atoms with Crippen LogP contribution in [0.5, 0.6) is 0 Å². The molecule has 0 aromatic rings. The zero-order chi connectivity index (χ0) is 8.15. The predicted octanol–water partition coefficient (Wildman–Crippen LogP) is -7.11. The molecule has 0 rings (SSSR count). The minimum atomic E-state index is -1.17. The van der Waals surface area contributed by atoms with Crippen molar-refractivity contribution in [1.82, 2.24) is 0 Å². The van der Waals surface area contributed by atoms with E-state index in [1.54, 1.807) is 0 Å². The minimum Gasteiger partial charge on any atom is -0.481 e. The van der Waals surface area contributed by atoms with Gasteiger partial charge in [0.2, 0.25) is 0 Å². The number of nitrogens with two attached hydrogens (primary N) is 1. The van der Waals surface area contributed by atoms with Gasteiger partial charge in [-0.3, -0.25) is 9.59 Å². The maximum Gasteiger partial charge on any atom is 2.00 e. The number of hydrogen-bond donors (Lipinski definition) is 3. The fraction of sp³-hybridized carbons (Fsp3) is 0.600. The average Bonchev–Trinajstić information content (AvgIpc) is 1.82. The molecule has 5 nitrogen and oxygen atoms in total. The van der Waals surface area contributed by atoms with E-state index in [4.69, 9.17) is 15.9 Å². The van der Waals surface area contributed by atoms with Crippen LogP contribution >= 0.6 is 0 Å². The van der Waals surface area contributed by atoms with Gasteiger partial charge < -0.3 is 15.9 Å². The molecular weight excluding hydrogens is 224 g/mol. The number of carbonyl (C=O) groups is 2. The van der Waals surface area contributed by atoms with Crippen LogP contribution in [-0.4, -0.2) is 65.9 Å². The van der Waals surface area contributed by atoms with Crippen molar-refractivity contribution >= 4 is 49.7 Å². The molecular formula is C5H9CaNNa2O4+4. The summed E-state index contributed by atoms with van der Waals surface area (Å²) >= 11 is 0. The normalized spacial score (nSPS) is 9.62. The van der Waals surface area contributed by atoms with Crippen LogP contribution in [0.25, 0.3) is 0 Å². The first-order valence-electron chi connectivity index (χ1n) is 2.74. The number of aliphatic carboxylic acids is 2. The van der Waals surface area contributed by atoms with E-state index in [1.807, 2.05) is 0 Å². The van der Waals surface area contributed by atoms with E-state index in [0.717, 1.165) is 0 Å². The van der Waals surface area contributed by atoms with Crippen LogP contribution in [0.1, 0.15) is 12.8 Å². The fourth-order valence-electron chi connectivity index (χ4n) is 0.402. The maximum atomic E-state index is 9.99. The van der Waals surface area contributed by atoms with E-state index in [9.17, 15) is 9.59 Å². The Labute approximate surface area is 150 Å². The van der Waals surface area contributed by atoms with Gasteiger partial charge in [0, 0.05) is 6.42 Å². The zero-order valence-corrected chi connectivity index (χ0v) is 14.2. The number of rotatable bonds is 4. The molecule has 1 atom stereocenters. The first-order chi connectivity index (χ1) is 4.54. The van der Waals surface area contributed by atoms with Crippen molar-refractivity contribution < 1.29 is 78.9 Å². The molecule has 0 aliphatic heterocycles. The summed E-state index contributed by atoms with van der Waals surface area (Å²) in [6.07, 6.45) is -0.224. The van der Waals surface area contributed by atoms with Gasteiger partial charge in [0.1, 0.15) is 6.04 Å². The molecule has 4 N–H and O–H groups in total. The molecule has 0 aliphatic rings. The van der Waals surface area contributed by atoms with Crippen molar-refractivity contribution in [3.05, 3.63) is 0 Å². The molecule has 0 amide bonds. The summed E-state index contributed by atoms with van der Waals surface area (Å²) in [5, 5.41) is 16.3. The van der Waals surface area contributed by atoms with Gasteiger partial charge in [0.25, 0.3) is 0 Å². The molecule has 1 unspecified atom stereocenters. The van der Waals surface area contributed by atoms with E-state index >= 15 is 0 Å². The number of carboxylic acids is 2. The molecule has 0 radical (unpaired) electrons. The van der Waals surface area contributed by atoms with E-state index in [0.29, 0.717) is 0 Å². The van der Waals surface area contributed by atoms with Gasteiger partial charge in [-0.05, 0) is 6.42 Å². The summed E-state index contributed by atoms with van der Waals surface area (Å²) in [5.41, 5.74) is 5.00. The predicted molar refractivity (Wildman–Crippen MR) is 38.2 cm³/mol. The second-order valence-corrected chi connectivity index (χ2v) is 1.88. The summed E-state index contributed by atoms with van der Waals surface area (Å²) in [4.78, 5) is 19.9. The van der Waals surface area contributed by atoms with Crippen molar-refractivity contribution in [1.29, 1.82) is 0 Å². The van der Waals surface area contributed by atoms with Crippen molar-refractivity contribution in [2.75, 3.05) is 0 Å². The van der Waals surface area contributed by atoms with E-state index in [1.165, 1.54) is 0 Å². The van der Waals surface area contributed by atoms with E-state index in [-0.39, 0.29) is 110 Å². The van der Waals surface area contributed by atoms with Gasteiger partial charge in [-0.25, -0.2) is 0 Å². The molecule has 13 heavy (non-hydrogen) atoms. The Morgan fingerprint density at radius 2 is 1.62 bits per heavy atom. The van der Waals surface area contributed by atoms with Crippen molar-refractivity contribution in [3.8, 4) is 0 Å². The Morgan fingerprint density at radius 1 is 1.23 bits per heavy atom. The molecule has 0 fully saturated rings. The molecule has 0 spiro atoms. The summed E-state index contributed by atoms with van der Waals surface area (Å²) in [6, 6.07) is -1.06. The quantitative estimate of drug-likeness (QED) is 0.419. The molecule has 8 heteroatoms. The zero-order valence-electron chi connectivity index (χ0n) is 7.99. The van der Waals surface area contributed by atoms with Crippen LogP contribution < -0.4 is 64.8 Å². The van der Waals surface area contributed by atoms with Crippen LogP contribution in [-0.2, 0) is 9.59 Å². The van der Waals surface area contributed by atoms with Crippen LogP contribution in [0.15, 0.2) is 0 Å². The monoisotopic (exact) mass is 233 g/mol. The number of carboxylic acid groups (broad SMARTS) is 2. The van der Waals surface area contributed by atoms with Crippen LogP contribution in [0.3, 0.4) is 0 Å². The summed E-state index contributed by atoms with van der Waals surface area (Å²) in [5.74, 6) is -2.20. The first kappa shape index (κ1) is 24.4. The third-order valence-corrected chi connectivity index (χ3v) is 0.986. The largest absolute Gasteiger partial charge is 2.00 e. The second kappa shape index (κ2) is 14.2. The van der Waals surface area contributed by atoms with E-state index < -0.39 is 18.0 Å². The van der Waals surface area contributed by atoms with Crippen LogP contribution in [0, 0.1) is 0 Å². The molecule has 0 saturated heterocycles. The molecule has 0 bridgehead atoms. The second-order valence-electron chi connectivity index (χ2n) is 1.88. The van der Waals surface area contributed by atoms with Gasteiger partial charge in [-0.2, -0.15) is 0 Å². The van der Waals surface area contributed by atoms with E-state index in [2.05, 4.69) is 0 Å². The Hall–Kier alpha value is 2.16. The Bertz CT molecular complexity index is 157. The van der Waals surface area contributed by atoms with Gasteiger partial charge in [0.05, 0.1) is 0 Å². The average molecular weight is 233 g/mol. The SMILES string of the molecule is NC(CCC(=O)O)C(=O)O.[Ca+2].[Na+].[Na+]. The molecule has 0 aliphatic carbocycles. The summed E-state index contributed by atoms with van der Waals surface area (Å²) in [7, 11) is 0. The molecule has 0 saturated carbocycles. The summed E-state index contributed by atoms with van der Waals surface area (Å²) < 4.78 is 0. The number of hydrogen-bond acceptors (Lipinski definition) is 3. The Balaban J connectivity index is -0.000000135. The fourth-order valence-corrected chi connectivity index (χ4v) is 0.402. The Kier molecular flexibility index (Phi) is 26.6.